The summed E-state index contributed by atoms with van der Waals surface area (Å²) in [6.45, 7) is 4.69. The van der Waals surface area contributed by atoms with Gasteiger partial charge in [0.2, 0.25) is 0 Å². The summed E-state index contributed by atoms with van der Waals surface area (Å²) in [5, 5.41) is 12.6. The first-order valence-electron chi connectivity index (χ1n) is 7.84. The van der Waals surface area contributed by atoms with Gasteiger partial charge < -0.3 is 10.1 Å². The molecule has 0 bridgehead atoms. The van der Waals surface area contributed by atoms with E-state index in [0.717, 1.165) is 37.5 Å². The summed E-state index contributed by atoms with van der Waals surface area (Å²) >= 11 is 0. The Morgan fingerprint density at radius 3 is 2.58 bits per heavy atom. The van der Waals surface area contributed by atoms with E-state index in [9.17, 15) is 5.26 Å². The van der Waals surface area contributed by atoms with Crippen molar-refractivity contribution < 1.29 is 4.74 Å². The van der Waals surface area contributed by atoms with Gasteiger partial charge in [-0.25, -0.2) is 0 Å². The molecule has 0 aliphatic heterocycles. The molecule has 5 unspecified atom stereocenters. The molecule has 0 saturated heterocycles. The smallest absolute Gasteiger partial charge is 0.109 e. The summed E-state index contributed by atoms with van der Waals surface area (Å²) in [5.41, 5.74) is -0.351. The molecular formula is C16H28N2O. The maximum Gasteiger partial charge on any atom is 0.109 e. The summed E-state index contributed by atoms with van der Waals surface area (Å²) in [6, 6.07) is 2.46. The highest BCUT2D eigenvalue weighted by Crippen LogP contribution is 2.35. The van der Waals surface area contributed by atoms with Crippen LogP contribution in [0, 0.1) is 23.2 Å². The highest BCUT2D eigenvalue weighted by Gasteiger charge is 2.37. The molecule has 0 heterocycles. The van der Waals surface area contributed by atoms with Crippen molar-refractivity contribution >= 4 is 0 Å². The molecule has 2 fully saturated rings. The van der Waals surface area contributed by atoms with Gasteiger partial charge in [0.1, 0.15) is 5.54 Å². The van der Waals surface area contributed by atoms with Crippen LogP contribution >= 0.6 is 0 Å². The van der Waals surface area contributed by atoms with Crippen molar-refractivity contribution in [2.45, 2.75) is 76.5 Å². The molecule has 0 aromatic carbocycles. The van der Waals surface area contributed by atoms with Crippen molar-refractivity contribution in [1.82, 2.24) is 5.32 Å². The first-order valence-corrected chi connectivity index (χ1v) is 7.84. The van der Waals surface area contributed by atoms with E-state index in [4.69, 9.17) is 4.74 Å². The molecule has 0 amide bonds. The van der Waals surface area contributed by atoms with E-state index in [0.29, 0.717) is 6.10 Å². The maximum atomic E-state index is 9.37. The van der Waals surface area contributed by atoms with Crippen molar-refractivity contribution in [3.8, 4) is 6.07 Å². The van der Waals surface area contributed by atoms with Gasteiger partial charge in [0, 0.05) is 6.42 Å². The van der Waals surface area contributed by atoms with E-state index in [-0.39, 0.29) is 11.6 Å². The summed E-state index contributed by atoms with van der Waals surface area (Å²) < 4.78 is 6.32. The van der Waals surface area contributed by atoms with Gasteiger partial charge in [0.15, 0.2) is 0 Å². The van der Waals surface area contributed by atoms with Crippen LogP contribution in [-0.4, -0.2) is 24.8 Å². The molecule has 108 valence electrons. The highest BCUT2D eigenvalue weighted by atomic mass is 16.5. The number of nitriles is 1. The molecule has 19 heavy (non-hydrogen) atoms. The van der Waals surface area contributed by atoms with Crippen LogP contribution in [0.5, 0.6) is 0 Å². The Morgan fingerprint density at radius 1 is 1.16 bits per heavy atom. The second-order valence-electron chi connectivity index (χ2n) is 6.69. The summed E-state index contributed by atoms with van der Waals surface area (Å²) in [7, 11) is 1.90. The predicted molar refractivity (Wildman–Crippen MR) is 76.7 cm³/mol. The van der Waals surface area contributed by atoms with E-state index in [1.54, 1.807) is 0 Å². The number of ether oxygens (including phenoxy) is 1. The molecule has 5 atom stereocenters. The van der Waals surface area contributed by atoms with Crippen LogP contribution in [0.4, 0.5) is 0 Å². The van der Waals surface area contributed by atoms with E-state index >= 15 is 0 Å². The van der Waals surface area contributed by atoms with E-state index in [2.05, 4.69) is 25.2 Å². The van der Waals surface area contributed by atoms with Crippen LogP contribution in [0.25, 0.3) is 0 Å². The van der Waals surface area contributed by atoms with Crippen molar-refractivity contribution in [3.63, 3.8) is 0 Å². The average molecular weight is 264 g/mol. The molecule has 0 aromatic heterocycles. The van der Waals surface area contributed by atoms with E-state index < -0.39 is 0 Å². The first-order chi connectivity index (χ1) is 9.08. The minimum atomic E-state index is -0.351. The molecule has 2 rings (SSSR count). The number of nitrogens with zero attached hydrogens (tertiary/aromatic N) is 1. The molecule has 3 nitrogen and oxygen atoms in total. The Hall–Kier alpha value is -0.590. The van der Waals surface area contributed by atoms with Gasteiger partial charge in [0.05, 0.1) is 18.3 Å². The second kappa shape index (κ2) is 6.24. The molecule has 2 aliphatic carbocycles. The number of nitrogens with one attached hydrogen (secondary N) is 1. The highest BCUT2D eigenvalue weighted by molar-refractivity contribution is 5.09. The molecule has 3 heteroatoms. The third-order valence-electron chi connectivity index (χ3n) is 5.33. The largest absolute Gasteiger partial charge is 0.375 e. The van der Waals surface area contributed by atoms with Crippen LogP contribution in [0.1, 0.15) is 58.8 Å². The van der Waals surface area contributed by atoms with Crippen LogP contribution in [0.3, 0.4) is 0 Å². The molecular weight excluding hydrogens is 236 g/mol. The second-order valence-corrected chi connectivity index (χ2v) is 6.69. The fourth-order valence-corrected chi connectivity index (χ4v) is 3.62. The lowest BCUT2D eigenvalue weighted by atomic mass is 9.79. The fraction of sp³-hybridized carbons (Fsp3) is 0.938. The fourth-order valence-electron chi connectivity index (χ4n) is 3.62. The van der Waals surface area contributed by atoms with Gasteiger partial charge >= 0.3 is 0 Å². The number of rotatable bonds is 3. The standard InChI is InChI=1S/C16H28N2O/c1-12-6-7-14(9-13(12)2)19-15-5-4-8-16(10-15,11-17)18-3/h12-15,18H,4-10H2,1-3H3. The van der Waals surface area contributed by atoms with Crippen LogP contribution < -0.4 is 5.32 Å². The quantitative estimate of drug-likeness (QED) is 0.851. The van der Waals surface area contributed by atoms with Gasteiger partial charge in [0.25, 0.3) is 0 Å². The number of hydrogen-bond acceptors (Lipinski definition) is 3. The Bertz CT molecular complexity index is 338. The molecule has 1 N–H and O–H groups in total. The summed E-state index contributed by atoms with van der Waals surface area (Å²) in [6.07, 6.45) is 8.38. The van der Waals surface area contributed by atoms with Crippen molar-refractivity contribution in [2.24, 2.45) is 11.8 Å². The first kappa shape index (κ1) is 14.8. The van der Waals surface area contributed by atoms with Gasteiger partial charge in [-0.1, -0.05) is 13.8 Å². The van der Waals surface area contributed by atoms with E-state index in [1.165, 1.54) is 19.3 Å². The van der Waals surface area contributed by atoms with Crippen LogP contribution in [0.2, 0.25) is 0 Å². The molecule has 0 radical (unpaired) electrons. The topological polar surface area (TPSA) is 45.0 Å². The third kappa shape index (κ3) is 3.49. The van der Waals surface area contributed by atoms with Crippen molar-refractivity contribution in [3.05, 3.63) is 0 Å². The zero-order chi connectivity index (χ0) is 13.9. The zero-order valence-corrected chi connectivity index (χ0v) is 12.6. The van der Waals surface area contributed by atoms with E-state index in [1.807, 2.05) is 7.05 Å². The molecule has 2 saturated carbocycles. The lowest BCUT2D eigenvalue weighted by Gasteiger charge is -2.39. The molecule has 2 aliphatic rings. The number of hydrogen-bond donors (Lipinski definition) is 1. The van der Waals surface area contributed by atoms with Gasteiger partial charge in [-0.15, -0.1) is 0 Å². The van der Waals surface area contributed by atoms with Crippen LogP contribution in [-0.2, 0) is 4.74 Å². The Kier molecular flexibility index (Phi) is 4.86. The Balaban J connectivity index is 1.88. The monoisotopic (exact) mass is 264 g/mol. The predicted octanol–water partition coefficient (Wildman–Crippen LogP) is 3.25. The Morgan fingerprint density at radius 2 is 1.95 bits per heavy atom. The molecule has 0 aromatic rings. The van der Waals surface area contributed by atoms with Gasteiger partial charge in [-0.3, -0.25) is 0 Å². The minimum Gasteiger partial charge on any atom is -0.375 e. The normalized spacial score (nSPS) is 43.7. The van der Waals surface area contributed by atoms with Crippen molar-refractivity contribution in [2.75, 3.05) is 7.05 Å². The lowest BCUT2D eigenvalue weighted by Crippen LogP contribution is -2.48. The van der Waals surface area contributed by atoms with Crippen molar-refractivity contribution in [1.29, 1.82) is 5.26 Å². The third-order valence-corrected chi connectivity index (χ3v) is 5.33. The SMILES string of the molecule is CNC1(C#N)CCCC(OC2CCC(C)C(C)C2)C1. The minimum absolute atomic E-state index is 0.270. The summed E-state index contributed by atoms with van der Waals surface area (Å²) in [5.74, 6) is 1.61. The summed E-state index contributed by atoms with van der Waals surface area (Å²) in [4.78, 5) is 0. The molecule has 0 spiro atoms. The average Bonchev–Trinajstić information content (AvgIpc) is 2.43. The Labute approximate surface area is 117 Å². The zero-order valence-electron chi connectivity index (χ0n) is 12.6. The maximum absolute atomic E-state index is 9.37. The lowest BCUT2D eigenvalue weighted by molar-refractivity contribution is -0.0692. The van der Waals surface area contributed by atoms with Gasteiger partial charge in [-0.05, 0) is 57.4 Å². The van der Waals surface area contributed by atoms with Crippen LogP contribution in [0.15, 0.2) is 0 Å². The van der Waals surface area contributed by atoms with Gasteiger partial charge in [-0.2, -0.15) is 5.26 Å².